The van der Waals surface area contributed by atoms with Crippen LogP contribution in [0.4, 0.5) is 0 Å². The number of aryl methyl sites for hydroxylation is 1. The van der Waals surface area contributed by atoms with Gasteiger partial charge in [-0.1, -0.05) is 0 Å². The first-order chi connectivity index (χ1) is 6.63. The van der Waals surface area contributed by atoms with Crippen molar-refractivity contribution in [1.82, 2.24) is 9.55 Å². The fraction of sp³-hybridized carbons (Fsp3) is 0.333. The second kappa shape index (κ2) is 4.57. The van der Waals surface area contributed by atoms with Gasteiger partial charge in [0.2, 0.25) is 0 Å². The minimum Gasteiger partial charge on any atom is -0.481 e. The van der Waals surface area contributed by atoms with Gasteiger partial charge < -0.3 is 14.8 Å². The zero-order valence-electron chi connectivity index (χ0n) is 7.84. The van der Waals surface area contributed by atoms with Crippen molar-refractivity contribution in [2.75, 3.05) is 6.61 Å². The molecule has 0 aliphatic rings. The third kappa shape index (κ3) is 2.70. The predicted molar refractivity (Wildman–Crippen MR) is 50.5 cm³/mol. The largest absolute Gasteiger partial charge is 0.481 e. The average Bonchev–Trinajstić information content (AvgIpc) is 2.50. The molecule has 0 spiro atoms. The third-order valence-corrected chi connectivity index (χ3v) is 1.79. The number of aliphatic hydroxyl groups is 1. The standard InChI is InChI=1S/C9H12N2O3/c1-11-6-10-4-8(11)2-7(5-12)3-9(13)14/h2,4,6,12H,3,5H2,1H3,(H,13,14)/b7-2+. The van der Waals surface area contributed by atoms with E-state index < -0.39 is 5.97 Å². The van der Waals surface area contributed by atoms with E-state index in [2.05, 4.69) is 4.98 Å². The van der Waals surface area contributed by atoms with Crippen LogP contribution in [0.1, 0.15) is 12.1 Å². The summed E-state index contributed by atoms with van der Waals surface area (Å²) in [4.78, 5) is 14.3. The smallest absolute Gasteiger partial charge is 0.307 e. The maximum absolute atomic E-state index is 10.4. The first kappa shape index (κ1) is 10.5. The van der Waals surface area contributed by atoms with Crippen molar-refractivity contribution in [1.29, 1.82) is 0 Å². The quantitative estimate of drug-likeness (QED) is 0.724. The lowest BCUT2D eigenvalue weighted by molar-refractivity contribution is -0.136. The Hall–Kier alpha value is -1.62. The number of aliphatic carboxylic acids is 1. The Kier molecular flexibility index (Phi) is 3.41. The van der Waals surface area contributed by atoms with Crippen molar-refractivity contribution < 1.29 is 15.0 Å². The Balaban J connectivity index is 2.83. The Morgan fingerprint density at radius 3 is 2.86 bits per heavy atom. The van der Waals surface area contributed by atoms with Crippen LogP contribution in [0.3, 0.4) is 0 Å². The summed E-state index contributed by atoms with van der Waals surface area (Å²) < 4.78 is 1.75. The lowest BCUT2D eigenvalue weighted by Crippen LogP contribution is -2.01. The van der Waals surface area contributed by atoms with Gasteiger partial charge in [0.05, 0.1) is 31.2 Å². The molecule has 0 saturated carbocycles. The number of aliphatic hydroxyl groups excluding tert-OH is 1. The second-order valence-electron chi connectivity index (χ2n) is 2.96. The molecule has 0 amide bonds. The molecule has 0 radical (unpaired) electrons. The van der Waals surface area contributed by atoms with Crippen molar-refractivity contribution >= 4 is 12.0 Å². The number of nitrogens with zero attached hydrogens (tertiary/aromatic N) is 2. The normalized spacial score (nSPS) is 11.7. The first-order valence-corrected chi connectivity index (χ1v) is 4.12. The molecule has 0 unspecified atom stereocenters. The van der Waals surface area contributed by atoms with E-state index in [1.165, 1.54) is 0 Å². The van der Waals surface area contributed by atoms with Crippen LogP contribution in [0, 0.1) is 0 Å². The number of aromatic nitrogens is 2. The van der Waals surface area contributed by atoms with Gasteiger partial charge in [0.1, 0.15) is 0 Å². The molecule has 1 heterocycles. The van der Waals surface area contributed by atoms with E-state index in [1.807, 2.05) is 0 Å². The summed E-state index contributed by atoms with van der Waals surface area (Å²) in [6.07, 6.45) is 4.70. The molecule has 1 aromatic rings. The Morgan fingerprint density at radius 2 is 2.43 bits per heavy atom. The van der Waals surface area contributed by atoms with Gasteiger partial charge >= 0.3 is 5.97 Å². The SMILES string of the molecule is Cn1cncc1/C=C(/CO)CC(=O)O. The molecule has 76 valence electrons. The van der Waals surface area contributed by atoms with Gasteiger partial charge in [-0.3, -0.25) is 4.79 Å². The fourth-order valence-corrected chi connectivity index (χ4v) is 1.06. The topological polar surface area (TPSA) is 75.3 Å². The number of rotatable bonds is 4. The van der Waals surface area contributed by atoms with Gasteiger partial charge in [-0.2, -0.15) is 0 Å². The summed E-state index contributed by atoms with van der Waals surface area (Å²) in [5.41, 5.74) is 1.23. The lowest BCUT2D eigenvalue weighted by atomic mass is 10.1. The van der Waals surface area contributed by atoms with Crippen molar-refractivity contribution in [2.24, 2.45) is 7.05 Å². The minimum absolute atomic E-state index is 0.151. The number of carboxylic acids is 1. The van der Waals surface area contributed by atoms with Crippen molar-refractivity contribution in [2.45, 2.75) is 6.42 Å². The Morgan fingerprint density at radius 1 is 1.71 bits per heavy atom. The molecule has 5 nitrogen and oxygen atoms in total. The van der Waals surface area contributed by atoms with E-state index >= 15 is 0 Å². The van der Waals surface area contributed by atoms with Gasteiger partial charge in [0, 0.05) is 7.05 Å². The van der Waals surface area contributed by atoms with Crippen LogP contribution >= 0.6 is 0 Å². The second-order valence-corrected chi connectivity index (χ2v) is 2.96. The van der Waals surface area contributed by atoms with Crippen LogP contribution in [0.2, 0.25) is 0 Å². The van der Waals surface area contributed by atoms with Crippen LogP contribution in [0.15, 0.2) is 18.1 Å². The molecule has 0 saturated heterocycles. The molecule has 1 aromatic heterocycles. The summed E-state index contributed by atoms with van der Waals surface area (Å²) in [5.74, 6) is -0.951. The first-order valence-electron chi connectivity index (χ1n) is 4.12. The lowest BCUT2D eigenvalue weighted by Gasteiger charge is -2.00. The highest BCUT2D eigenvalue weighted by Crippen LogP contribution is 2.08. The zero-order valence-corrected chi connectivity index (χ0v) is 7.84. The van der Waals surface area contributed by atoms with E-state index in [1.54, 1.807) is 30.2 Å². The van der Waals surface area contributed by atoms with Crippen molar-refractivity contribution in [3.05, 3.63) is 23.8 Å². The third-order valence-electron chi connectivity index (χ3n) is 1.79. The molecule has 0 aromatic carbocycles. The van der Waals surface area contributed by atoms with E-state index in [9.17, 15) is 4.79 Å². The molecule has 0 fully saturated rings. The maximum Gasteiger partial charge on any atom is 0.307 e. The van der Waals surface area contributed by atoms with Gasteiger partial charge in [-0.15, -0.1) is 0 Å². The van der Waals surface area contributed by atoms with Gasteiger partial charge in [0.25, 0.3) is 0 Å². The van der Waals surface area contributed by atoms with Gasteiger partial charge in [-0.25, -0.2) is 4.98 Å². The highest BCUT2D eigenvalue weighted by Gasteiger charge is 2.04. The Bertz CT molecular complexity index is 355. The van der Waals surface area contributed by atoms with E-state index in [-0.39, 0.29) is 13.0 Å². The summed E-state index contributed by atoms with van der Waals surface area (Å²) in [6.45, 7) is -0.252. The van der Waals surface area contributed by atoms with Crippen LogP contribution in [-0.2, 0) is 11.8 Å². The molecule has 1 rings (SSSR count). The monoisotopic (exact) mass is 196 g/mol. The Labute approximate surface area is 81.3 Å². The van der Waals surface area contributed by atoms with Crippen LogP contribution in [-0.4, -0.2) is 32.3 Å². The number of carboxylic acid groups (broad SMARTS) is 1. The highest BCUT2D eigenvalue weighted by atomic mass is 16.4. The molecule has 0 atom stereocenters. The molecule has 5 heteroatoms. The molecule has 0 aliphatic carbocycles. The number of hydrogen-bond acceptors (Lipinski definition) is 3. The number of hydrogen-bond donors (Lipinski definition) is 2. The zero-order chi connectivity index (χ0) is 10.6. The fourth-order valence-electron chi connectivity index (χ4n) is 1.06. The summed E-state index contributed by atoms with van der Waals surface area (Å²) in [6, 6.07) is 0. The predicted octanol–water partition coefficient (Wildman–Crippen LogP) is 0.270. The summed E-state index contributed by atoms with van der Waals surface area (Å²) >= 11 is 0. The van der Waals surface area contributed by atoms with Gasteiger partial charge in [-0.05, 0) is 11.6 Å². The summed E-state index contributed by atoms with van der Waals surface area (Å²) in [5, 5.41) is 17.4. The molecule has 14 heavy (non-hydrogen) atoms. The average molecular weight is 196 g/mol. The molecule has 2 N–H and O–H groups in total. The van der Waals surface area contributed by atoms with Crippen LogP contribution < -0.4 is 0 Å². The van der Waals surface area contributed by atoms with Gasteiger partial charge in [0.15, 0.2) is 0 Å². The molecule has 0 bridgehead atoms. The molecular weight excluding hydrogens is 184 g/mol. The van der Waals surface area contributed by atoms with E-state index in [0.29, 0.717) is 5.57 Å². The maximum atomic E-state index is 10.4. The number of imidazole rings is 1. The van der Waals surface area contributed by atoms with Crippen molar-refractivity contribution in [3.63, 3.8) is 0 Å². The van der Waals surface area contributed by atoms with Crippen LogP contribution in [0.5, 0.6) is 0 Å². The van der Waals surface area contributed by atoms with E-state index in [0.717, 1.165) is 5.69 Å². The summed E-state index contributed by atoms with van der Waals surface area (Å²) in [7, 11) is 1.80. The minimum atomic E-state index is -0.951. The van der Waals surface area contributed by atoms with E-state index in [4.69, 9.17) is 10.2 Å². The highest BCUT2D eigenvalue weighted by molar-refractivity contribution is 5.72. The number of carbonyl (C=O) groups is 1. The van der Waals surface area contributed by atoms with Crippen LogP contribution in [0.25, 0.3) is 6.08 Å². The van der Waals surface area contributed by atoms with Crippen molar-refractivity contribution in [3.8, 4) is 0 Å². The molecular formula is C9H12N2O3. The molecule has 0 aliphatic heterocycles.